The quantitative estimate of drug-likeness (QED) is 0.720. The summed E-state index contributed by atoms with van der Waals surface area (Å²) in [5, 5.41) is 0. The van der Waals surface area contributed by atoms with E-state index in [1.165, 1.54) is 0 Å². The van der Waals surface area contributed by atoms with E-state index in [0.29, 0.717) is 19.8 Å². The summed E-state index contributed by atoms with van der Waals surface area (Å²) in [5.74, 6) is 1.48. The van der Waals surface area contributed by atoms with Gasteiger partial charge in [-0.3, -0.25) is 0 Å². The molecule has 0 heterocycles. The van der Waals surface area contributed by atoms with Crippen LogP contribution >= 0.6 is 0 Å². The molecule has 4 heteroatoms. The van der Waals surface area contributed by atoms with Gasteiger partial charge in [-0.2, -0.15) is 0 Å². The van der Waals surface area contributed by atoms with Gasteiger partial charge in [-0.25, -0.2) is 0 Å². The predicted octanol–water partition coefficient (Wildman–Crippen LogP) is 2.00. The Labute approximate surface area is 109 Å². The highest BCUT2D eigenvalue weighted by Gasteiger charge is 2.05. The Balaban J connectivity index is 2.54. The second-order valence-corrected chi connectivity index (χ2v) is 4.29. The molecule has 0 aromatic heterocycles. The van der Waals surface area contributed by atoms with Gasteiger partial charge >= 0.3 is 0 Å². The van der Waals surface area contributed by atoms with Crippen molar-refractivity contribution in [2.45, 2.75) is 26.4 Å². The summed E-state index contributed by atoms with van der Waals surface area (Å²) in [6, 6.07) is 5.89. The highest BCUT2D eigenvalue weighted by Crippen LogP contribution is 2.28. The Bertz CT molecular complexity index is 353. The first-order valence-corrected chi connectivity index (χ1v) is 6.28. The first-order valence-electron chi connectivity index (χ1n) is 6.28. The third-order valence-corrected chi connectivity index (χ3v) is 2.45. The molecule has 0 atom stereocenters. The molecule has 0 amide bonds. The maximum Gasteiger partial charge on any atom is 0.161 e. The number of hydrogen-bond donors (Lipinski definition) is 1. The third kappa shape index (κ3) is 4.94. The van der Waals surface area contributed by atoms with Gasteiger partial charge in [0.25, 0.3) is 0 Å². The lowest BCUT2D eigenvalue weighted by Gasteiger charge is -2.13. The van der Waals surface area contributed by atoms with E-state index in [0.717, 1.165) is 23.5 Å². The lowest BCUT2D eigenvalue weighted by atomic mass is 10.1. The van der Waals surface area contributed by atoms with Crippen molar-refractivity contribution in [1.82, 2.24) is 0 Å². The second-order valence-electron chi connectivity index (χ2n) is 4.29. The fourth-order valence-electron chi connectivity index (χ4n) is 1.59. The van der Waals surface area contributed by atoms with Crippen LogP contribution in [0.2, 0.25) is 0 Å². The van der Waals surface area contributed by atoms with Crippen molar-refractivity contribution < 1.29 is 14.2 Å². The number of ether oxygens (including phenoxy) is 3. The Morgan fingerprint density at radius 2 is 1.94 bits per heavy atom. The van der Waals surface area contributed by atoms with Crippen LogP contribution in [0.5, 0.6) is 11.5 Å². The van der Waals surface area contributed by atoms with Crippen molar-refractivity contribution in [3.8, 4) is 11.5 Å². The van der Waals surface area contributed by atoms with Crippen LogP contribution in [0.1, 0.15) is 19.4 Å². The van der Waals surface area contributed by atoms with Crippen molar-refractivity contribution in [1.29, 1.82) is 0 Å². The largest absolute Gasteiger partial charge is 0.493 e. The van der Waals surface area contributed by atoms with Crippen molar-refractivity contribution in [3.05, 3.63) is 23.8 Å². The summed E-state index contributed by atoms with van der Waals surface area (Å²) in [5.41, 5.74) is 6.68. The second kappa shape index (κ2) is 7.95. The molecule has 0 saturated carbocycles. The van der Waals surface area contributed by atoms with Gasteiger partial charge in [0.05, 0.1) is 19.8 Å². The fourth-order valence-corrected chi connectivity index (χ4v) is 1.59. The highest BCUT2D eigenvalue weighted by molar-refractivity contribution is 5.43. The average Bonchev–Trinajstić information content (AvgIpc) is 2.35. The number of benzene rings is 1. The van der Waals surface area contributed by atoms with Gasteiger partial charge in [-0.15, -0.1) is 0 Å². The van der Waals surface area contributed by atoms with Crippen molar-refractivity contribution in [3.63, 3.8) is 0 Å². The SMILES string of the molecule is COc1cc(CCN)ccc1OCCOC(C)C. The van der Waals surface area contributed by atoms with Crippen LogP contribution in [-0.4, -0.2) is 33.0 Å². The summed E-state index contributed by atoms with van der Waals surface area (Å²) in [7, 11) is 1.64. The maximum absolute atomic E-state index is 5.63. The minimum Gasteiger partial charge on any atom is -0.493 e. The summed E-state index contributed by atoms with van der Waals surface area (Å²) in [6.45, 7) is 5.73. The van der Waals surface area contributed by atoms with E-state index >= 15 is 0 Å². The van der Waals surface area contributed by atoms with Gasteiger partial charge in [0.2, 0.25) is 0 Å². The molecule has 4 nitrogen and oxygen atoms in total. The van der Waals surface area contributed by atoms with Crippen LogP contribution < -0.4 is 15.2 Å². The van der Waals surface area contributed by atoms with Crippen LogP contribution in [-0.2, 0) is 11.2 Å². The van der Waals surface area contributed by atoms with Gasteiger partial charge in [-0.05, 0) is 44.5 Å². The van der Waals surface area contributed by atoms with E-state index < -0.39 is 0 Å². The monoisotopic (exact) mass is 253 g/mol. The molecule has 18 heavy (non-hydrogen) atoms. The number of methoxy groups -OCH3 is 1. The molecular formula is C14H23NO3. The highest BCUT2D eigenvalue weighted by atomic mass is 16.5. The first-order chi connectivity index (χ1) is 8.67. The lowest BCUT2D eigenvalue weighted by molar-refractivity contribution is 0.0547. The average molecular weight is 253 g/mol. The zero-order chi connectivity index (χ0) is 13.4. The van der Waals surface area contributed by atoms with E-state index in [1.807, 2.05) is 32.0 Å². The fraction of sp³-hybridized carbons (Fsp3) is 0.571. The number of nitrogens with two attached hydrogens (primary N) is 1. The topological polar surface area (TPSA) is 53.7 Å². The molecule has 0 saturated heterocycles. The Hall–Kier alpha value is -1.26. The maximum atomic E-state index is 5.63. The molecule has 0 fully saturated rings. The molecule has 102 valence electrons. The van der Waals surface area contributed by atoms with Gasteiger partial charge < -0.3 is 19.9 Å². The molecule has 1 rings (SSSR count). The normalized spacial score (nSPS) is 10.7. The molecule has 0 unspecified atom stereocenters. The van der Waals surface area contributed by atoms with Crippen LogP contribution in [0.3, 0.4) is 0 Å². The lowest BCUT2D eigenvalue weighted by Crippen LogP contribution is -2.11. The standard InChI is InChI=1S/C14H23NO3/c1-11(2)17-8-9-18-13-5-4-12(6-7-15)10-14(13)16-3/h4-5,10-11H,6-9,15H2,1-3H3. The first kappa shape index (κ1) is 14.8. The third-order valence-electron chi connectivity index (χ3n) is 2.45. The van der Waals surface area contributed by atoms with E-state index in [9.17, 15) is 0 Å². The summed E-state index contributed by atoms with van der Waals surface area (Å²) >= 11 is 0. The Morgan fingerprint density at radius 3 is 2.56 bits per heavy atom. The number of rotatable bonds is 8. The Kier molecular flexibility index (Phi) is 6.54. The van der Waals surface area contributed by atoms with E-state index in [2.05, 4.69) is 0 Å². The van der Waals surface area contributed by atoms with Crippen LogP contribution in [0.25, 0.3) is 0 Å². The molecule has 0 radical (unpaired) electrons. The molecule has 0 aliphatic heterocycles. The van der Waals surface area contributed by atoms with Gasteiger partial charge in [-0.1, -0.05) is 6.07 Å². The Morgan fingerprint density at radius 1 is 1.17 bits per heavy atom. The van der Waals surface area contributed by atoms with E-state index in [4.69, 9.17) is 19.9 Å². The minimum absolute atomic E-state index is 0.224. The number of hydrogen-bond acceptors (Lipinski definition) is 4. The predicted molar refractivity (Wildman–Crippen MR) is 72.3 cm³/mol. The molecule has 0 bridgehead atoms. The van der Waals surface area contributed by atoms with Gasteiger partial charge in [0.15, 0.2) is 11.5 Å². The van der Waals surface area contributed by atoms with Crippen LogP contribution in [0.15, 0.2) is 18.2 Å². The minimum atomic E-state index is 0.224. The molecule has 0 spiro atoms. The van der Waals surface area contributed by atoms with E-state index in [-0.39, 0.29) is 6.10 Å². The molecule has 2 N–H and O–H groups in total. The molecular weight excluding hydrogens is 230 g/mol. The smallest absolute Gasteiger partial charge is 0.161 e. The zero-order valence-electron chi connectivity index (χ0n) is 11.4. The zero-order valence-corrected chi connectivity index (χ0v) is 11.4. The van der Waals surface area contributed by atoms with Gasteiger partial charge in [0.1, 0.15) is 6.61 Å². The van der Waals surface area contributed by atoms with Crippen molar-refractivity contribution >= 4 is 0 Å². The van der Waals surface area contributed by atoms with Crippen LogP contribution in [0.4, 0.5) is 0 Å². The van der Waals surface area contributed by atoms with Crippen molar-refractivity contribution in [2.75, 3.05) is 26.9 Å². The van der Waals surface area contributed by atoms with Crippen molar-refractivity contribution in [2.24, 2.45) is 5.73 Å². The summed E-state index contributed by atoms with van der Waals surface area (Å²) in [6.07, 6.45) is 1.06. The molecule has 0 aliphatic carbocycles. The molecule has 1 aromatic carbocycles. The summed E-state index contributed by atoms with van der Waals surface area (Å²) < 4.78 is 16.4. The summed E-state index contributed by atoms with van der Waals surface area (Å²) in [4.78, 5) is 0. The van der Waals surface area contributed by atoms with Gasteiger partial charge in [0, 0.05) is 0 Å². The van der Waals surface area contributed by atoms with E-state index in [1.54, 1.807) is 7.11 Å². The van der Waals surface area contributed by atoms with Crippen LogP contribution in [0, 0.1) is 0 Å². The molecule has 0 aliphatic rings. The molecule has 1 aromatic rings.